The molecule has 1 heterocycles. The summed E-state index contributed by atoms with van der Waals surface area (Å²) in [7, 11) is 0. The molecule has 1 rings (SSSR count). The van der Waals surface area contributed by atoms with Gasteiger partial charge in [-0.15, -0.1) is 0 Å². The molecule has 0 amide bonds. The number of nitrogen functional groups attached to an aromatic ring is 1. The third kappa shape index (κ3) is 2.00. The Morgan fingerprint density at radius 2 is 2.33 bits per heavy atom. The maximum atomic E-state index is 5.74. The van der Waals surface area contributed by atoms with E-state index in [0.717, 1.165) is 18.1 Å². The van der Waals surface area contributed by atoms with Gasteiger partial charge in [0.2, 0.25) is 0 Å². The number of nitrogens with two attached hydrogens (primary N) is 1. The molecule has 2 N–H and O–H groups in total. The Labute approximate surface area is 73.6 Å². The van der Waals surface area contributed by atoms with Gasteiger partial charge in [0.05, 0.1) is 5.69 Å². The molecule has 3 nitrogen and oxygen atoms in total. The van der Waals surface area contributed by atoms with Crippen LogP contribution in [0.3, 0.4) is 0 Å². The van der Waals surface area contributed by atoms with E-state index in [-0.39, 0.29) is 0 Å². The first-order valence-corrected chi connectivity index (χ1v) is 4.43. The van der Waals surface area contributed by atoms with Crippen LogP contribution in [0.4, 0.5) is 5.82 Å². The molecule has 1 aromatic heterocycles. The average Bonchev–Trinajstić information content (AvgIpc) is 2.30. The molecule has 1 atom stereocenters. The second-order valence-corrected chi connectivity index (χ2v) is 3.41. The molecule has 12 heavy (non-hydrogen) atoms. The molecule has 0 spiro atoms. The molecule has 0 aliphatic rings. The van der Waals surface area contributed by atoms with Crippen LogP contribution in [0.1, 0.15) is 26.0 Å². The first kappa shape index (κ1) is 9.10. The van der Waals surface area contributed by atoms with Crippen molar-refractivity contribution in [3.8, 4) is 0 Å². The minimum Gasteiger partial charge on any atom is -0.384 e. The first-order chi connectivity index (χ1) is 5.63. The summed E-state index contributed by atoms with van der Waals surface area (Å²) in [4.78, 5) is 0. The molecule has 0 fully saturated rings. The summed E-state index contributed by atoms with van der Waals surface area (Å²) < 4.78 is 1.88. The van der Waals surface area contributed by atoms with Crippen LogP contribution in [0.5, 0.6) is 0 Å². The predicted octanol–water partition coefficient (Wildman–Crippen LogP) is 1.82. The van der Waals surface area contributed by atoms with Gasteiger partial charge in [-0.3, -0.25) is 0 Å². The molecule has 68 valence electrons. The van der Waals surface area contributed by atoms with Crippen LogP contribution in [0.15, 0.2) is 6.07 Å². The third-order valence-corrected chi connectivity index (χ3v) is 2.11. The predicted molar refractivity (Wildman–Crippen MR) is 50.8 cm³/mol. The quantitative estimate of drug-likeness (QED) is 0.746. The first-order valence-electron chi connectivity index (χ1n) is 4.43. The second-order valence-electron chi connectivity index (χ2n) is 3.41. The standard InChI is InChI=1S/C9H17N3/c1-4-7(2)6-12-9(10)5-8(3)11-12/h5,7H,4,6,10H2,1-3H3. The van der Waals surface area contributed by atoms with Gasteiger partial charge in [0.15, 0.2) is 0 Å². The maximum Gasteiger partial charge on any atom is 0.121 e. The lowest BCUT2D eigenvalue weighted by atomic mass is 10.1. The molecule has 0 aliphatic heterocycles. The monoisotopic (exact) mass is 167 g/mol. The summed E-state index contributed by atoms with van der Waals surface area (Å²) in [6.45, 7) is 7.27. The number of hydrogen-bond acceptors (Lipinski definition) is 2. The molecule has 0 bridgehead atoms. The molecular formula is C9H17N3. The Hall–Kier alpha value is -0.990. The smallest absolute Gasteiger partial charge is 0.121 e. The third-order valence-electron chi connectivity index (χ3n) is 2.11. The molecule has 0 aromatic carbocycles. The number of rotatable bonds is 3. The van der Waals surface area contributed by atoms with Crippen molar-refractivity contribution in [2.75, 3.05) is 5.73 Å². The summed E-state index contributed by atoms with van der Waals surface area (Å²) in [6.07, 6.45) is 1.17. The van der Waals surface area contributed by atoms with Crippen LogP contribution in [-0.2, 0) is 6.54 Å². The molecule has 1 aromatic rings. The molecule has 0 aliphatic carbocycles. The summed E-state index contributed by atoms with van der Waals surface area (Å²) in [5, 5.41) is 4.29. The van der Waals surface area contributed by atoms with E-state index < -0.39 is 0 Å². The minimum absolute atomic E-state index is 0.645. The van der Waals surface area contributed by atoms with E-state index in [1.807, 2.05) is 17.7 Å². The van der Waals surface area contributed by atoms with E-state index in [2.05, 4.69) is 18.9 Å². The van der Waals surface area contributed by atoms with Crippen LogP contribution >= 0.6 is 0 Å². The zero-order chi connectivity index (χ0) is 9.14. The van der Waals surface area contributed by atoms with Crippen LogP contribution in [0, 0.1) is 12.8 Å². The second kappa shape index (κ2) is 3.61. The van der Waals surface area contributed by atoms with Gasteiger partial charge in [-0.1, -0.05) is 20.3 Å². The normalized spacial score (nSPS) is 13.2. The highest BCUT2D eigenvalue weighted by Gasteiger charge is 2.04. The highest BCUT2D eigenvalue weighted by molar-refractivity contribution is 5.30. The SMILES string of the molecule is CCC(C)Cn1nc(C)cc1N. The lowest BCUT2D eigenvalue weighted by Crippen LogP contribution is -2.10. The fourth-order valence-electron chi connectivity index (χ4n) is 1.14. The number of nitrogens with zero attached hydrogens (tertiary/aromatic N) is 2. The molecule has 3 heteroatoms. The van der Waals surface area contributed by atoms with E-state index in [1.165, 1.54) is 6.42 Å². The molecule has 0 radical (unpaired) electrons. The van der Waals surface area contributed by atoms with Gasteiger partial charge in [0.1, 0.15) is 5.82 Å². The zero-order valence-electron chi connectivity index (χ0n) is 8.04. The zero-order valence-corrected chi connectivity index (χ0v) is 8.04. The molecule has 1 unspecified atom stereocenters. The minimum atomic E-state index is 0.645. The number of aromatic nitrogens is 2. The van der Waals surface area contributed by atoms with Gasteiger partial charge in [0.25, 0.3) is 0 Å². The molecular weight excluding hydrogens is 150 g/mol. The van der Waals surface area contributed by atoms with Gasteiger partial charge in [0, 0.05) is 12.6 Å². The summed E-state index contributed by atoms with van der Waals surface area (Å²) >= 11 is 0. The van der Waals surface area contributed by atoms with Crippen molar-refractivity contribution in [3.05, 3.63) is 11.8 Å². The Balaban J connectivity index is 2.68. The van der Waals surface area contributed by atoms with Crippen molar-refractivity contribution < 1.29 is 0 Å². The highest BCUT2D eigenvalue weighted by Crippen LogP contribution is 2.10. The van der Waals surface area contributed by atoms with Crippen LogP contribution in [0.2, 0.25) is 0 Å². The maximum absolute atomic E-state index is 5.74. The van der Waals surface area contributed by atoms with Crippen molar-refractivity contribution in [2.24, 2.45) is 5.92 Å². The lowest BCUT2D eigenvalue weighted by Gasteiger charge is -2.09. The van der Waals surface area contributed by atoms with Gasteiger partial charge in [-0.25, -0.2) is 4.68 Å². The average molecular weight is 167 g/mol. The Bertz CT molecular complexity index is 252. The number of aryl methyl sites for hydroxylation is 1. The topological polar surface area (TPSA) is 43.8 Å². The van der Waals surface area contributed by atoms with Crippen molar-refractivity contribution in [1.82, 2.24) is 9.78 Å². The van der Waals surface area contributed by atoms with Crippen molar-refractivity contribution in [1.29, 1.82) is 0 Å². The van der Waals surface area contributed by atoms with E-state index in [4.69, 9.17) is 5.73 Å². The fraction of sp³-hybridized carbons (Fsp3) is 0.667. The Morgan fingerprint density at radius 3 is 2.75 bits per heavy atom. The molecule has 0 saturated carbocycles. The van der Waals surface area contributed by atoms with Crippen molar-refractivity contribution >= 4 is 5.82 Å². The highest BCUT2D eigenvalue weighted by atomic mass is 15.3. The summed E-state index contributed by atoms with van der Waals surface area (Å²) in [5.74, 6) is 1.42. The number of hydrogen-bond donors (Lipinski definition) is 1. The van der Waals surface area contributed by atoms with Gasteiger partial charge in [-0.05, 0) is 12.8 Å². The Kier molecular flexibility index (Phi) is 2.74. The Morgan fingerprint density at radius 1 is 1.67 bits per heavy atom. The van der Waals surface area contributed by atoms with Gasteiger partial charge >= 0.3 is 0 Å². The van der Waals surface area contributed by atoms with E-state index in [0.29, 0.717) is 5.92 Å². The van der Waals surface area contributed by atoms with Gasteiger partial charge in [-0.2, -0.15) is 5.10 Å². The van der Waals surface area contributed by atoms with E-state index in [9.17, 15) is 0 Å². The van der Waals surface area contributed by atoms with Crippen molar-refractivity contribution in [3.63, 3.8) is 0 Å². The fourth-order valence-corrected chi connectivity index (χ4v) is 1.14. The van der Waals surface area contributed by atoms with E-state index in [1.54, 1.807) is 0 Å². The van der Waals surface area contributed by atoms with Crippen LogP contribution in [0.25, 0.3) is 0 Å². The molecule has 0 saturated heterocycles. The van der Waals surface area contributed by atoms with Gasteiger partial charge < -0.3 is 5.73 Å². The summed E-state index contributed by atoms with van der Waals surface area (Å²) in [6, 6.07) is 1.91. The summed E-state index contributed by atoms with van der Waals surface area (Å²) in [5.41, 5.74) is 6.74. The lowest BCUT2D eigenvalue weighted by molar-refractivity contribution is 0.442. The van der Waals surface area contributed by atoms with Crippen LogP contribution in [-0.4, -0.2) is 9.78 Å². The van der Waals surface area contributed by atoms with Crippen molar-refractivity contribution in [2.45, 2.75) is 33.7 Å². The number of anilines is 1. The largest absolute Gasteiger partial charge is 0.384 e. The van der Waals surface area contributed by atoms with Crippen LogP contribution < -0.4 is 5.73 Å². The van der Waals surface area contributed by atoms with E-state index >= 15 is 0 Å².